The van der Waals surface area contributed by atoms with E-state index in [1.54, 1.807) is 14.0 Å². The number of amides is 1. The topological polar surface area (TPSA) is 81.2 Å². The number of aromatic nitrogens is 1. The number of benzene rings is 2. The fourth-order valence-corrected chi connectivity index (χ4v) is 6.90. The van der Waals surface area contributed by atoms with E-state index in [1.165, 1.54) is 31.3 Å². The summed E-state index contributed by atoms with van der Waals surface area (Å²) >= 11 is 0. The Hall–Kier alpha value is -4.42. The van der Waals surface area contributed by atoms with Gasteiger partial charge in [-0.15, -0.1) is 0 Å². The zero-order valence-corrected chi connectivity index (χ0v) is 31.3. The average molecular weight is 748 g/mol. The molecule has 13 heteroatoms. The maximum atomic E-state index is 14.2. The van der Waals surface area contributed by atoms with Crippen LogP contribution in [-0.2, 0) is 32.9 Å². The Morgan fingerprint density at radius 2 is 1.53 bits per heavy atom. The molecule has 3 aliphatic rings. The van der Waals surface area contributed by atoms with Crippen molar-refractivity contribution >= 4 is 17.9 Å². The van der Waals surface area contributed by atoms with Crippen LogP contribution in [0.5, 0.6) is 5.75 Å². The van der Waals surface area contributed by atoms with Crippen molar-refractivity contribution in [2.45, 2.75) is 103 Å². The Labute approximate surface area is 308 Å². The van der Waals surface area contributed by atoms with Crippen molar-refractivity contribution in [1.29, 1.82) is 0 Å². The molecule has 8 nitrogen and oxygen atoms in total. The minimum absolute atomic E-state index is 0.0126. The lowest BCUT2D eigenvalue weighted by Crippen LogP contribution is -2.32. The number of para-hydroxylation sites is 1. The lowest BCUT2D eigenvalue weighted by Gasteiger charge is -2.25. The Bertz CT molecular complexity index is 1650. The zero-order valence-electron chi connectivity index (χ0n) is 31.3. The van der Waals surface area contributed by atoms with Gasteiger partial charge in [0.2, 0.25) is 0 Å². The minimum Gasteiger partial charge on any atom is -0.496 e. The van der Waals surface area contributed by atoms with E-state index >= 15 is 0 Å². The first-order valence-corrected chi connectivity index (χ1v) is 18.2. The zero-order chi connectivity index (χ0) is 38.9. The molecule has 290 valence electrons. The van der Waals surface area contributed by atoms with Crippen molar-refractivity contribution in [3.05, 3.63) is 77.0 Å². The molecule has 3 heterocycles. The molecule has 3 fully saturated rings. The van der Waals surface area contributed by atoms with Crippen molar-refractivity contribution in [3.63, 3.8) is 0 Å². The van der Waals surface area contributed by atoms with Crippen LogP contribution in [0.2, 0.25) is 0 Å². The smallest absolute Gasteiger partial charge is 0.416 e. The van der Waals surface area contributed by atoms with Crippen molar-refractivity contribution in [1.82, 2.24) is 9.88 Å². The molecule has 2 unspecified atom stereocenters. The molecule has 2 saturated heterocycles. The molecule has 3 aromatic rings. The molecule has 1 saturated carbocycles. The number of carbonyl (C=O) groups excluding carboxylic acids is 2. The van der Waals surface area contributed by atoms with E-state index in [4.69, 9.17) is 14.5 Å². The number of halogens is 5. The molecule has 1 aliphatic carbocycles. The van der Waals surface area contributed by atoms with Gasteiger partial charge in [0.15, 0.2) is 0 Å². The lowest BCUT2D eigenvalue weighted by atomic mass is 9.89. The first kappa shape index (κ1) is 41.3. The van der Waals surface area contributed by atoms with E-state index in [0.29, 0.717) is 24.4 Å². The maximum absolute atomic E-state index is 14.2. The number of alkyl halides is 5. The van der Waals surface area contributed by atoms with E-state index in [9.17, 15) is 31.5 Å². The third-order valence-electron chi connectivity index (χ3n) is 9.76. The second-order valence-corrected chi connectivity index (χ2v) is 13.3. The number of hydrogen-bond acceptors (Lipinski definition) is 7. The summed E-state index contributed by atoms with van der Waals surface area (Å²) in [7, 11) is 3.02. The number of nitrogens with zero attached hydrogens (tertiary/aromatic N) is 3. The van der Waals surface area contributed by atoms with E-state index in [1.807, 2.05) is 50.2 Å². The summed E-state index contributed by atoms with van der Waals surface area (Å²) < 4.78 is 84.8. The van der Waals surface area contributed by atoms with Gasteiger partial charge in [0.05, 0.1) is 44.0 Å². The van der Waals surface area contributed by atoms with Crippen LogP contribution in [0.15, 0.2) is 54.6 Å². The molecule has 2 atom stereocenters. The van der Waals surface area contributed by atoms with Gasteiger partial charge < -0.3 is 19.1 Å². The Kier molecular flexibility index (Phi) is 14.1. The number of rotatable bonds is 8. The van der Waals surface area contributed by atoms with Crippen LogP contribution in [0.1, 0.15) is 101 Å². The summed E-state index contributed by atoms with van der Waals surface area (Å²) in [5.74, 6) is -1.97. The van der Waals surface area contributed by atoms with Crippen LogP contribution in [0.3, 0.4) is 0 Å². The second-order valence-electron chi connectivity index (χ2n) is 13.3. The molecule has 1 amide bonds. The number of carbonyl (C=O) groups is 2. The van der Waals surface area contributed by atoms with Gasteiger partial charge in [-0.25, -0.2) is 18.6 Å². The standard InChI is InChI=1S/C30H30F5N3O3.C8H14O2.C2H6/c1-18-27(19-14-20(29(2,31)32)16-21(15-19)30(33,34)35)41-28(39)38(18)17-24-22(23-8-4-5-9-25(23)40-3)10-11-26(36-24)37-12-6-7-13-37;1-10-8(9)7-5-3-2-4-6-7;1-2/h4-5,8-11,14-16,18,27H,6-7,12-13,17H2,1-3H3;7H,2-6H2,1H3;1-2H3. The number of anilines is 1. The summed E-state index contributed by atoms with van der Waals surface area (Å²) in [5, 5.41) is 0. The molecule has 0 spiro atoms. The second kappa shape index (κ2) is 18.1. The van der Waals surface area contributed by atoms with E-state index in [2.05, 4.69) is 9.64 Å². The Balaban J connectivity index is 0.000000448. The van der Waals surface area contributed by atoms with Gasteiger partial charge in [-0.1, -0.05) is 51.3 Å². The van der Waals surface area contributed by atoms with Gasteiger partial charge in [0, 0.05) is 36.7 Å². The number of ether oxygens (including phenoxy) is 3. The van der Waals surface area contributed by atoms with Gasteiger partial charge in [0.1, 0.15) is 17.7 Å². The highest BCUT2D eigenvalue weighted by Gasteiger charge is 2.43. The molecule has 0 radical (unpaired) electrons. The van der Waals surface area contributed by atoms with Crippen molar-refractivity contribution in [3.8, 4) is 16.9 Å². The molecule has 53 heavy (non-hydrogen) atoms. The van der Waals surface area contributed by atoms with Crippen LogP contribution in [-0.4, -0.2) is 55.3 Å². The highest BCUT2D eigenvalue weighted by atomic mass is 19.4. The van der Waals surface area contributed by atoms with Gasteiger partial charge >= 0.3 is 18.2 Å². The Morgan fingerprint density at radius 3 is 2.13 bits per heavy atom. The molecule has 1 aromatic heterocycles. The van der Waals surface area contributed by atoms with E-state index in [-0.39, 0.29) is 24.0 Å². The van der Waals surface area contributed by atoms with E-state index in [0.717, 1.165) is 67.9 Å². The number of esters is 1. The minimum atomic E-state index is -4.86. The van der Waals surface area contributed by atoms with Crippen LogP contribution in [0.4, 0.5) is 32.6 Å². The molecule has 6 rings (SSSR count). The largest absolute Gasteiger partial charge is 0.496 e. The van der Waals surface area contributed by atoms with E-state index < -0.39 is 41.5 Å². The van der Waals surface area contributed by atoms with Crippen molar-refractivity contribution < 1.29 is 45.8 Å². The summed E-state index contributed by atoms with van der Waals surface area (Å²) in [4.78, 5) is 32.5. The monoisotopic (exact) mass is 747 g/mol. The number of hydrogen-bond donors (Lipinski definition) is 0. The van der Waals surface area contributed by atoms with Crippen LogP contribution in [0.25, 0.3) is 11.1 Å². The fraction of sp³-hybridized carbons (Fsp3) is 0.525. The lowest BCUT2D eigenvalue weighted by molar-refractivity contribution is -0.146. The maximum Gasteiger partial charge on any atom is 0.416 e. The van der Waals surface area contributed by atoms with Crippen molar-refractivity contribution in [2.24, 2.45) is 5.92 Å². The fourth-order valence-electron chi connectivity index (χ4n) is 6.90. The number of cyclic esters (lactones) is 1. The summed E-state index contributed by atoms with van der Waals surface area (Å²) in [6.45, 7) is 7.84. The quantitative estimate of drug-likeness (QED) is 0.168. The summed E-state index contributed by atoms with van der Waals surface area (Å²) in [5.41, 5.74) is -0.151. The first-order chi connectivity index (χ1) is 25.2. The Morgan fingerprint density at radius 1 is 0.887 bits per heavy atom. The van der Waals surface area contributed by atoms with Crippen LogP contribution >= 0.6 is 0 Å². The predicted octanol–water partition coefficient (Wildman–Crippen LogP) is 10.3. The molecular formula is C40H50F5N3O5. The van der Waals surface area contributed by atoms with Crippen molar-refractivity contribution in [2.75, 3.05) is 32.2 Å². The highest BCUT2D eigenvalue weighted by molar-refractivity contribution is 5.75. The molecule has 2 aliphatic heterocycles. The van der Waals surface area contributed by atoms with Gasteiger partial charge in [0.25, 0.3) is 5.92 Å². The predicted molar refractivity (Wildman–Crippen MR) is 193 cm³/mol. The highest BCUT2D eigenvalue weighted by Crippen LogP contribution is 2.41. The average Bonchev–Trinajstić information content (AvgIpc) is 3.80. The normalized spacial score (nSPS) is 19.1. The first-order valence-electron chi connectivity index (χ1n) is 18.2. The third kappa shape index (κ3) is 10.2. The van der Waals surface area contributed by atoms with Gasteiger partial charge in [-0.2, -0.15) is 13.2 Å². The van der Waals surface area contributed by atoms with Crippen LogP contribution in [0, 0.1) is 5.92 Å². The third-order valence-corrected chi connectivity index (χ3v) is 9.76. The number of pyridine rings is 1. The van der Waals surface area contributed by atoms with Gasteiger partial charge in [-0.3, -0.25) is 9.69 Å². The molecule has 0 N–H and O–H groups in total. The summed E-state index contributed by atoms with van der Waals surface area (Å²) in [6.07, 6.45) is 1.000. The molecule has 2 aromatic carbocycles. The number of methoxy groups -OCH3 is 2. The molecular weight excluding hydrogens is 697 g/mol. The SMILES string of the molecule is CC.COC(=O)C1CCCCC1.COc1ccccc1-c1ccc(N2CCCC2)nc1CN1C(=O)OC(c2cc(C(C)(F)F)cc(C(F)(F)F)c2)C1C. The molecule has 0 bridgehead atoms. The van der Waals surface area contributed by atoms with Gasteiger partial charge in [-0.05, 0) is 74.6 Å². The van der Waals surface area contributed by atoms with Crippen LogP contribution < -0.4 is 9.64 Å². The summed E-state index contributed by atoms with van der Waals surface area (Å²) in [6, 6.07) is 12.6.